The van der Waals surface area contributed by atoms with Crippen molar-refractivity contribution in [3.05, 3.63) is 60.3 Å². The number of halogens is 3. The van der Waals surface area contributed by atoms with Crippen LogP contribution in [0, 0.1) is 0 Å². The van der Waals surface area contributed by atoms with Gasteiger partial charge in [-0.1, -0.05) is 0 Å². The first kappa shape index (κ1) is 24.3. The highest BCUT2D eigenvalue weighted by Gasteiger charge is 2.27. The SMILES string of the molecule is COc1nc2cc(C(=O)Nc3ccc(OC(F)(F)Cl)cc3)cc(-c3cccnn3)c2n1[C@H](C)CO. The lowest BCUT2D eigenvalue weighted by Crippen LogP contribution is -2.16. The highest BCUT2D eigenvalue weighted by molar-refractivity contribution is 6.20. The Kier molecular flexibility index (Phi) is 6.81. The van der Waals surface area contributed by atoms with Crippen molar-refractivity contribution in [2.45, 2.75) is 18.5 Å². The lowest BCUT2D eigenvalue weighted by molar-refractivity contribution is -0.0964. The second-order valence-electron chi connectivity index (χ2n) is 7.53. The molecule has 0 aliphatic rings. The number of carbonyl (C=O) groups is 1. The predicted molar refractivity (Wildman–Crippen MR) is 125 cm³/mol. The van der Waals surface area contributed by atoms with Gasteiger partial charge in [0, 0.05) is 34.6 Å². The zero-order valence-electron chi connectivity index (χ0n) is 18.6. The van der Waals surface area contributed by atoms with Gasteiger partial charge < -0.3 is 19.9 Å². The molecule has 0 saturated carbocycles. The molecule has 0 unspecified atom stereocenters. The Balaban J connectivity index is 1.75. The highest BCUT2D eigenvalue weighted by atomic mass is 35.5. The van der Waals surface area contributed by atoms with Crippen LogP contribution in [0.4, 0.5) is 14.5 Å². The van der Waals surface area contributed by atoms with Crippen molar-refractivity contribution in [3.63, 3.8) is 0 Å². The minimum atomic E-state index is -3.84. The van der Waals surface area contributed by atoms with Gasteiger partial charge in [0.2, 0.25) is 0 Å². The van der Waals surface area contributed by atoms with E-state index in [0.717, 1.165) is 0 Å². The normalized spacial score (nSPS) is 12.4. The van der Waals surface area contributed by atoms with E-state index in [1.165, 1.54) is 37.6 Å². The van der Waals surface area contributed by atoms with Crippen LogP contribution in [0.25, 0.3) is 22.3 Å². The maximum absolute atomic E-state index is 13.1. The molecule has 0 radical (unpaired) electrons. The van der Waals surface area contributed by atoms with Gasteiger partial charge in [0.15, 0.2) is 0 Å². The van der Waals surface area contributed by atoms with E-state index in [1.54, 1.807) is 35.8 Å². The van der Waals surface area contributed by atoms with E-state index >= 15 is 0 Å². The van der Waals surface area contributed by atoms with Gasteiger partial charge in [-0.3, -0.25) is 9.36 Å². The summed E-state index contributed by atoms with van der Waals surface area (Å²) in [4.78, 5) is 17.6. The number of ether oxygens (including phenoxy) is 2. The van der Waals surface area contributed by atoms with Gasteiger partial charge in [-0.05, 0) is 55.5 Å². The van der Waals surface area contributed by atoms with E-state index in [4.69, 9.17) is 16.3 Å². The number of alkyl halides is 3. The van der Waals surface area contributed by atoms with Crippen molar-refractivity contribution in [2.75, 3.05) is 19.0 Å². The lowest BCUT2D eigenvalue weighted by Gasteiger charge is -2.16. The summed E-state index contributed by atoms with van der Waals surface area (Å²) in [7, 11) is 1.46. The Labute approximate surface area is 203 Å². The molecule has 0 fully saturated rings. The van der Waals surface area contributed by atoms with E-state index in [1.807, 2.05) is 0 Å². The molecule has 1 amide bonds. The van der Waals surface area contributed by atoms with Gasteiger partial charge in [0.1, 0.15) is 5.75 Å². The largest absolute Gasteiger partial charge is 0.487 e. The van der Waals surface area contributed by atoms with Crippen molar-refractivity contribution in [1.29, 1.82) is 0 Å². The topological polar surface area (TPSA) is 111 Å². The van der Waals surface area contributed by atoms with Gasteiger partial charge in [0.25, 0.3) is 11.9 Å². The average molecular weight is 504 g/mol. The lowest BCUT2D eigenvalue weighted by atomic mass is 10.0. The second-order valence-corrected chi connectivity index (χ2v) is 7.97. The zero-order valence-corrected chi connectivity index (χ0v) is 19.3. The first-order valence-electron chi connectivity index (χ1n) is 10.4. The Morgan fingerprint density at radius 2 is 2.00 bits per heavy atom. The van der Waals surface area contributed by atoms with Gasteiger partial charge in [0.05, 0.1) is 36.5 Å². The third kappa shape index (κ3) is 5.31. The molecule has 2 aromatic heterocycles. The number of fused-ring (bicyclic) bond motifs is 1. The number of hydrogen-bond donors (Lipinski definition) is 2. The van der Waals surface area contributed by atoms with Gasteiger partial charge in [-0.2, -0.15) is 15.2 Å². The quantitative estimate of drug-likeness (QED) is 0.341. The summed E-state index contributed by atoms with van der Waals surface area (Å²) in [5.74, 6) is -0.637. The number of carbonyl (C=O) groups excluding carboxylic acids is 1. The molecule has 0 saturated heterocycles. The van der Waals surface area contributed by atoms with Crippen LogP contribution in [0.1, 0.15) is 23.3 Å². The Bertz CT molecular complexity index is 1340. The maximum Gasteiger partial charge on any atom is 0.487 e. The van der Waals surface area contributed by atoms with E-state index in [9.17, 15) is 18.7 Å². The molecule has 2 aromatic carbocycles. The Morgan fingerprint density at radius 1 is 1.26 bits per heavy atom. The summed E-state index contributed by atoms with van der Waals surface area (Å²) in [6.07, 6.45) is 1.53. The number of nitrogens with zero attached hydrogens (tertiary/aromatic N) is 4. The number of anilines is 1. The average Bonchev–Trinajstić information content (AvgIpc) is 3.22. The summed E-state index contributed by atoms with van der Waals surface area (Å²) < 4.78 is 37.0. The molecule has 4 aromatic rings. The van der Waals surface area contributed by atoms with E-state index in [2.05, 4.69) is 25.2 Å². The van der Waals surface area contributed by atoms with Crippen LogP contribution >= 0.6 is 11.6 Å². The summed E-state index contributed by atoms with van der Waals surface area (Å²) in [6, 6.07) is 11.9. The van der Waals surface area contributed by atoms with Gasteiger partial charge in [-0.25, -0.2) is 0 Å². The second kappa shape index (κ2) is 9.80. The molecule has 0 aliphatic heterocycles. The molecule has 0 bridgehead atoms. The van der Waals surface area contributed by atoms with Crippen LogP contribution < -0.4 is 14.8 Å². The van der Waals surface area contributed by atoms with Crippen LogP contribution in [0.3, 0.4) is 0 Å². The fourth-order valence-corrected chi connectivity index (χ4v) is 3.65. The van der Waals surface area contributed by atoms with Crippen molar-refractivity contribution >= 4 is 34.2 Å². The zero-order chi connectivity index (χ0) is 25.2. The number of nitrogens with one attached hydrogen (secondary N) is 1. The fraction of sp³-hybridized carbons (Fsp3) is 0.217. The minimum absolute atomic E-state index is 0.162. The van der Waals surface area contributed by atoms with Crippen LogP contribution in [0.2, 0.25) is 0 Å². The number of hydrogen-bond acceptors (Lipinski definition) is 7. The summed E-state index contributed by atoms with van der Waals surface area (Å²) >= 11 is 4.77. The van der Waals surface area contributed by atoms with E-state index in [0.29, 0.717) is 28.0 Å². The van der Waals surface area contributed by atoms with E-state index in [-0.39, 0.29) is 30.0 Å². The number of rotatable bonds is 8. The van der Waals surface area contributed by atoms with Crippen LogP contribution in [0.5, 0.6) is 11.8 Å². The van der Waals surface area contributed by atoms with Crippen molar-refractivity contribution < 1.29 is 28.2 Å². The highest BCUT2D eigenvalue weighted by Crippen LogP contribution is 2.35. The van der Waals surface area contributed by atoms with E-state index < -0.39 is 11.5 Å². The number of aromatic nitrogens is 4. The predicted octanol–water partition coefficient (Wildman–Crippen LogP) is 4.48. The molecule has 35 heavy (non-hydrogen) atoms. The standard InChI is InChI=1S/C23H20ClF2N5O4/c1-13(12-32)31-20-17(18-4-3-9-27-30-18)10-14(11-19(20)29-22(31)34-2)21(33)28-15-5-7-16(8-6-15)35-23(24,25)26/h3-11,13,32H,12H2,1-2H3,(H,28,33)/t13-/m1/s1. The molecule has 0 spiro atoms. The molecule has 0 aliphatic carbocycles. The molecule has 9 nitrogen and oxygen atoms in total. The Morgan fingerprint density at radius 3 is 2.60 bits per heavy atom. The van der Waals surface area contributed by atoms with Gasteiger partial charge >= 0.3 is 5.57 Å². The van der Waals surface area contributed by atoms with Crippen LogP contribution in [0.15, 0.2) is 54.7 Å². The number of imidazole rings is 1. The molecular weight excluding hydrogens is 484 g/mol. The fourth-order valence-electron chi connectivity index (χ4n) is 3.56. The number of methoxy groups -OCH3 is 1. The molecule has 4 rings (SSSR count). The molecule has 2 N–H and O–H groups in total. The summed E-state index contributed by atoms with van der Waals surface area (Å²) in [6.45, 7) is 1.64. The number of benzene rings is 2. The summed E-state index contributed by atoms with van der Waals surface area (Å²) in [5.41, 5.74) is -1.12. The molecule has 182 valence electrons. The Hall–Kier alpha value is -3.83. The number of aliphatic hydroxyl groups is 1. The monoisotopic (exact) mass is 503 g/mol. The maximum atomic E-state index is 13.1. The molecule has 2 heterocycles. The summed E-state index contributed by atoms with van der Waals surface area (Å²) in [5, 5.41) is 20.6. The first-order chi connectivity index (χ1) is 16.7. The number of aliphatic hydroxyl groups excluding tert-OH is 1. The third-order valence-corrected chi connectivity index (χ3v) is 5.17. The van der Waals surface area contributed by atoms with Crippen molar-refractivity contribution in [3.8, 4) is 23.0 Å². The smallest absolute Gasteiger partial charge is 0.468 e. The molecule has 1 atom stereocenters. The van der Waals surface area contributed by atoms with Gasteiger partial charge in [-0.15, -0.1) is 8.78 Å². The van der Waals surface area contributed by atoms with Crippen LogP contribution in [-0.2, 0) is 0 Å². The van der Waals surface area contributed by atoms with Crippen molar-refractivity contribution in [2.24, 2.45) is 0 Å². The minimum Gasteiger partial charge on any atom is -0.468 e. The molecular formula is C23H20ClF2N5O4. The molecule has 12 heteroatoms. The number of amides is 1. The van der Waals surface area contributed by atoms with Crippen LogP contribution in [-0.4, -0.2) is 50.0 Å². The van der Waals surface area contributed by atoms with Crippen molar-refractivity contribution in [1.82, 2.24) is 19.7 Å². The third-order valence-electron chi connectivity index (χ3n) is 5.10. The first-order valence-corrected chi connectivity index (χ1v) is 10.7.